The second-order valence-electron chi connectivity index (χ2n) is 8.47. The molecule has 1 aliphatic heterocycles. The van der Waals surface area contributed by atoms with Gasteiger partial charge in [-0.3, -0.25) is 0 Å². The predicted molar refractivity (Wildman–Crippen MR) is 119 cm³/mol. The minimum atomic E-state index is -1.49. The van der Waals surface area contributed by atoms with Crippen LogP contribution in [0, 0.1) is 0 Å². The number of ether oxygens (including phenoxy) is 2. The van der Waals surface area contributed by atoms with E-state index in [1.807, 2.05) is 6.20 Å². The second kappa shape index (κ2) is 17.8. The number of aliphatic hydroxyl groups excluding tert-OH is 5. The molecule has 31 heavy (non-hydrogen) atoms. The van der Waals surface area contributed by atoms with Crippen molar-refractivity contribution < 1.29 is 35.0 Å². The monoisotopic (exact) mass is 447 g/mol. The van der Waals surface area contributed by atoms with E-state index in [2.05, 4.69) is 18.3 Å². The van der Waals surface area contributed by atoms with Gasteiger partial charge in [-0.25, -0.2) is 0 Å². The van der Waals surface area contributed by atoms with Crippen molar-refractivity contribution in [3.05, 3.63) is 12.3 Å². The van der Waals surface area contributed by atoms with Crippen LogP contribution in [0.3, 0.4) is 0 Å². The molecule has 6 atom stereocenters. The highest BCUT2D eigenvalue weighted by Crippen LogP contribution is 2.22. The first-order valence-corrected chi connectivity index (χ1v) is 12.0. The zero-order valence-corrected chi connectivity index (χ0v) is 19.1. The minimum absolute atomic E-state index is 0.123. The third-order valence-electron chi connectivity index (χ3n) is 5.61. The van der Waals surface area contributed by atoms with Crippen molar-refractivity contribution in [2.45, 2.75) is 114 Å². The Bertz CT molecular complexity index is 450. The topological polar surface area (TPSA) is 132 Å². The van der Waals surface area contributed by atoms with E-state index in [9.17, 15) is 20.4 Å². The van der Waals surface area contributed by atoms with Gasteiger partial charge in [0, 0.05) is 6.54 Å². The van der Waals surface area contributed by atoms with Gasteiger partial charge in [0.05, 0.1) is 19.3 Å². The Morgan fingerprint density at radius 3 is 2.13 bits per heavy atom. The van der Waals surface area contributed by atoms with Crippen LogP contribution in [0.25, 0.3) is 0 Å². The molecule has 8 heteroatoms. The zero-order chi connectivity index (χ0) is 22.9. The molecule has 0 saturated carbocycles. The maximum atomic E-state index is 9.98. The summed E-state index contributed by atoms with van der Waals surface area (Å²) in [6.45, 7) is 1.88. The van der Waals surface area contributed by atoms with E-state index < -0.39 is 43.4 Å². The zero-order valence-electron chi connectivity index (χ0n) is 19.1. The van der Waals surface area contributed by atoms with Crippen LogP contribution in [0.2, 0.25) is 0 Å². The van der Waals surface area contributed by atoms with Crippen molar-refractivity contribution in [1.82, 2.24) is 5.32 Å². The first kappa shape index (κ1) is 28.3. The molecule has 1 fully saturated rings. The summed E-state index contributed by atoms with van der Waals surface area (Å²) in [6, 6.07) is 0. The Morgan fingerprint density at radius 2 is 1.52 bits per heavy atom. The maximum Gasteiger partial charge on any atom is 0.186 e. The minimum Gasteiger partial charge on any atom is -0.394 e. The molecular formula is C23H45NO7. The van der Waals surface area contributed by atoms with E-state index in [1.54, 1.807) is 0 Å². The quantitative estimate of drug-likeness (QED) is 0.175. The van der Waals surface area contributed by atoms with Gasteiger partial charge in [0.1, 0.15) is 24.4 Å². The van der Waals surface area contributed by atoms with E-state index in [0.29, 0.717) is 0 Å². The molecule has 0 aromatic rings. The number of hydrogen-bond donors (Lipinski definition) is 6. The Labute approximate surface area is 187 Å². The molecule has 0 aliphatic carbocycles. The van der Waals surface area contributed by atoms with Gasteiger partial charge in [0.15, 0.2) is 6.29 Å². The van der Waals surface area contributed by atoms with Crippen LogP contribution in [0.1, 0.15) is 77.6 Å². The summed E-state index contributed by atoms with van der Waals surface area (Å²) in [7, 11) is 0. The van der Waals surface area contributed by atoms with Crippen LogP contribution in [-0.2, 0) is 9.47 Å². The Hall–Kier alpha value is -0.740. The van der Waals surface area contributed by atoms with Crippen molar-refractivity contribution in [2.24, 2.45) is 0 Å². The Kier molecular flexibility index (Phi) is 16.2. The summed E-state index contributed by atoms with van der Waals surface area (Å²) in [4.78, 5) is 0. The summed E-state index contributed by atoms with van der Waals surface area (Å²) < 4.78 is 10.5. The standard InChI is InChI=1S/C23H45NO7/c1-2-3-4-5-6-7-8-9-10-11-12-13-14-24-15-18(26)17-30-23-22(29)21(28)20(27)19(16-25)31-23/h13-14,18-29H,2-12,15-17H2,1H3/t18?,19-,20+,21+,22-,23+/m1/s1. The van der Waals surface area contributed by atoms with Gasteiger partial charge < -0.3 is 40.3 Å². The lowest BCUT2D eigenvalue weighted by Crippen LogP contribution is -2.59. The fourth-order valence-electron chi connectivity index (χ4n) is 3.59. The Balaban J connectivity index is 2.00. The second-order valence-corrected chi connectivity index (χ2v) is 8.47. The fourth-order valence-corrected chi connectivity index (χ4v) is 3.59. The molecule has 0 aromatic heterocycles. The lowest BCUT2D eigenvalue weighted by Gasteiger charge is -2.39. The van der Waals surface area contributed by atoms with Crippen molar-refractivity contribution in [3.8, 4) is 0 Å². The molecule has 0 aromatic carbocycles. The van der Waals surface area contributed by atoms with E-state index in [-0.39, 0.29) is 13.2 Å². The Morgan fingerprint density at radius 1 is 0.903 bits per heavy atom. The lowest BCUT2D eigenvalue weighted by molar-refractivity contribution is -0.304. The van der Waals surface area contributed by atoms with Gasteiger partial charge >= 0.3 is 0 Å². The highest BCUT2D eigenvalue weighted by atomic mass is 16.7. The summed E-state index contributed by atoms with van der Waals surface area (Å²) in [5, 5.41) is 51.5. The average Bonchev–Trinajstić information content (AvgIpc) is 2.77. The first-order chi connectivity index (χ1) is 15.0. The summed E-state index contributed by atoms with van der Waals surface area (Å²) in [5.74, 6) is 0. The summed E-state index contributed by atoms with van der Waals surface area (Å²) in [6.07, 6.45) is 10.6. The van der Waals surface area contributed by atoms with Gasteiger partial charge in [-0.15, -0.1) is 0 Å². The fraction of sp³-hybridized carbons (Fsp3) is 0.913. The molecule has 1 unspecified atom stereocenters. The van der Waals surface area contributed by atoms with Crippen molar-refractivity contribution >= 4 is 0 Å². The first-order valence-electron chi connectivity index (χ1n) is 12.0. The molecule has 0 bridgehead atoms. The van der Waals surface area contributed by atoms with Crippen molar-refractivity contribution in [3.63, 3.8) is 0 Å². The molecule has 184 valence electrons. The third kappa shape index (κ3) is 12.2. The van der Waals surface area contributed by atoms with E-state index in [1.165, 1.54) is 57.8 Å². The summed E-state index contributed by atoms with van der Waals surface area (Å²) in [5.41, 5.74) is 0. The molecule has 0 spiro atoms. The molecule has 1 saturated heterocycles. The highest BCUT2D eigenvalue weighted by molar-refractivity contribution is 4.89. The van der Waals surface area contributed by atoms with Crippen molar-refractivity contribution in [1.29, 1.82) is 0 Å². The summed E-state index contributed by atoms with van der Waals surface area (Å²) >= 11 is 0. The number of hydrogen-bond acceptors (Lipinski definition) is 8. The largest absolute Gasteiger partial charge is 0.394 e. The molecule has 1 aliphatic rings. The molecule has 6 N–H and O–H groups in total. The SMILES string of the molecule is CCCCCCCCCCCCC=CNCC(O)CO[C@H]1O[C@H](CO)[C@H](O)[C@H](O)[C@H]1O. The molecular weight excluding hydrogens is 402 g/mol. The van der Waals surface area contributed by atoms with Gasteiger partial charge in [0.25, 0.3) is 0 Å². The van der Waals surface area contributed by atoms with Crippen molar-refractivity contribution in [2.75, 3.05) is 19.8 Å². The number of nitrogens with one attached hydrogen (secondary N) is 1. The van der Waals surface area contributed by atoms with E-state index >= 15 is 0 Å². The van der Waals surface area contributed by atoms with Crippen LogP contribution >= 0.6 is 0 Å². The molecule has 0 amide bonds. The molecule has 1 rings (SSSR count). The van der Waals surface area contributed by atoms with E-state index in [0.717, 1.165) is 12.8 Å². The molecule has 1 heterocycles. The number of rotatable bonds is 18. The molecule has 8 nitrogen and oxygen atoms in total. The van der Waals surface area contributed by atoms with Gasteiger partial charge in [0.2, 0.25) is 0 Å². The van der Waals surface area contributed by atoms with Crippen LogP contribution in [0.15, 0.2) is 12.3 Å². The van der Waals surface area contributed by atoms with Crippen LogP contribution in [-0.4, -0.2) is 82.1 Å². The van der Waals surface area contributed by atoms with Gasteiger partial charge in [-0.05, 0) is 19.0 Å². The lowest BCUT2D eigenvalue weighted by atomic mass is 9.99. The van der Waals surface area contributed by atoms with Crippen LogP contribution < -0.4 is 5.32 Å². The normalized spacial score (nSPS) is 27.6. The average molecular weight is 448 g/mol. The molecule has 0 radical (unpaired) electrons. The van der Waals surface area contributed by atoms with Gasteiger partial charge in [-0.2, -0.15) is 0 Å². The van der Waals surface area contributed by atoms with Gasteiger partial charge in [-0.1, -0.05) is 70.8 Å². The number of unbranched alkanes of at least 4 members (excludes halogenated alkanes) is 10. The highest BCUT2D eigenvalue weighted by Gasteiger charge is 2.44. The predicted octanol–water partition coefficient (Wildman–Crippen LogP) is 1.58. The van der Waals surface area contributed by atoms with Crippen LogP contribution in [0.4, 0.5) is 0 Å². The number of aliphatic hydroxyl groups is 5. The van der Waals surface area contributed by atoms with E-state index in [4.69, 9.17) is 14.6 Å². The maximum absolute atomic E-state index is 9.98. The van der Waals surface area contributed by atoms with Crippen LogP contribution in [0.5, 0.6) is 0 Å². The number of allylic oxidation sites excluding steroid dienone is 1. The smallest absolute Gasteiger partial charge is 0.186 e. The third-order valence-corrected chi connectivity index (χ3v) is 5.61.